The number of nitrogens with zero attached hydrogens (tertiary/aromatic N) is 1. The molecule has 3 rings (SSSR count). The van der Waals surface area contributed by atoms with Gasteiger partial charge in [-0.1, -0.05) is 12.1 Å². The van der Waals surface area contributed by atoms with Crippen LogP contribution in [0.15, 0.2) is 18.2 Å². The second-order valence-electron chi connectivity index (χ2n) is 5.91. The average molecular weight is 265 g/mol. The van der Waals surface area contributed by atoms with Gasteiger partial charge in [0, 0.05) is 12.1 Å². The van der Waals surface area contributed by atoms with Gasteiger partial charge in [-0.15, -0.1) is 0 Å². The van der Waals surface area contributed by atoms with Crippen molar-refractivity contribution in [2.75, 3.05) is 20.3 Å². The maximum atomic E-state index is 13.7. The molecule has 2 aliphatic rings. The molecule has 0 amide bonds. The molecule has 2 heterocycles. The normalized spacial score (nSPS) is 35.4. The molecule has 1 aromatic rings. The lowest BCUT2D eigenvalue weighted by molar-refractivity contribution is -0.137. The van der Waals surface area contributed by atoms with Gasteiger partial charge < -0.3 is 9.84 Å². The molecule has 4 heteroatoms. The summed E-state index contributed by atoms with van der Waals surface area (Å²) in [5.41, 5.74) is 0.379. The highest BCUT2D eigenvalue weighted by molar-refractivity contribution is 5.29. The largest absolute Gasteiger partial charge is 0.385 e. The van der Waals surface area contributed by atoms with Gasteiger partial charge in [0.15, 0.2) is 0 Å². The minimum Gasteiger partial charge on any atom is -0.385 e. The van der Waals surface area contributed by atoms with Crippen LogP contribution in [-0.2, 0) is 10.3 Å². The molecule has 1 aromatic carbocycles. The summed E-state index contributed by atoms with van der Waals surface area (Å²) in [5.74, 6) is -0.244. The number of aryl methyl sites for hydroxylation is 1. The Labute approximate surface area is 113 Å². The molecule has 104 valence electrons. The van der Waals surface area contributed by atoms with E-state index in [1.165, 1.54) is 6.07 Å². The molecule has 1 N–H and O–H groups in total. The molecule has 2 aliphatic heterocycles. The number of piperidine rings is 1. The number of aliphatic hydroxyl groups is 1. The predicted molar refractivity (Wildman–Crippen MR) is 70.4 cm³/mol. The first-order valence-corrected chi connectivity index (χ1v) is 6.78. The molecule has 2 fully saturated rings. The van der Waals surface area contributed by atoms with E-state index in [4.69, 9.17) is 4.74 Å². The summed E-state index contributed by atoms with van der Waals surface area (Å²) >= 11 is 0. The maximum Gasteiger partial charge on any atom is 0.126 e. The Morgan fingerprint density at radius 1 is 1.32 bits per heavy atom. The van der Waals surface area contributed by atoms with Gasteiger partial charge in [-0.3, -0.25) is 4.90 Å². The zero-order chi connectivity index (χ0) is 13.6. The number of ether oxygens (including phenoxy) is 1. The highest BCUT2D eigenvalue weighted by Gasteiger charge is 2.45. The number of halogens is 1. The van der Waals surface area contributed by atoms with Crippen LogP contribution < -0.4 is 0 Å². The SMILES string of the molecule is Cc1ccc(C2(O)CC3COCC(C2)N3C)cc1F. The topological polar surface area (TPSA) is 32.7 Å². The summed E-state index contributed by atoms with van der Waals surface area (Å²) in [7, 11) is 2.08. The summed E-state index contributed by atoms with van der Waals surface area (Å²) in [6, 6.07) is 5.49. The molecule has 0 aromatic heterocycles. The zero-order valence-corrected chi connectivity index (χ0v) is 11.4. The van der Waals surface area contributed by atoms with Gasteiger partial charge in [-0.2, -0.15) is 0 Å². The fourth-order valence-electron chi connectivity index (χ4n) is 3.26. The molecule has 3 nitrogen and oxygen atoms in total. The number of hydrogen-bond donors (Lipinski definition) is 1. The van der Waals surface area contributed by atoms with Crippen LogP contribution >= 0.6 is 0 Å². The summed E-state index contributed by atoms with van der Waals surface area (Å²) in [4.78, 5) is 2.28. The monoisotopic (exact) mass is 265 g/mol. The standard InChI is InChI=1S/C15H20FNO2/c1-10-3-4-11(5-14(10)16)15(18)6-12-8-19-9-13(7-15)17(12)2/h3-5,12-13,18H,6-9H2,1-2H3. The number of fused-ring (bicyclic) bond motifs is 2. The fourth-order valence-corrected chi connectivity index (χ4v) is 3.26. The average Bonchev–Trinajstić information content (AvgIpc) is 2.35. The van der Waals surface area contributed by atoms with Crippen molar-refractivity contribution in [2.45, 2.75) is 37.5 Å². The van der Waals surface area contributed by atoms with Crippen LogP contribution in [-0.4, -0.2) is 42.4 Å². The minimum atomic E-state index is -0.930. The van der Waals surface area contributed by atoms with Crippen LogP contribution in [0, 0.1) is 12.7 Å². The third kappa shape index (κ3) is 2.18. The molecule has 2 atom stereocenters. The molecule has 2 bridgehead atoms. The Morgan fingerprint density at radius 3 is 2.53 bits per heavy atom. The van der Waals surface area contributed by atoms with Crippen molar-refractivity contribution in [3.05, 3.63) is 35.1 Å². The lowest BCUT2D eigenvalue weighted by Gasteiger charge is -2.50. The molecular formula is C15H20FNO2. The van der Waals surface area contributed by atoms with Gasteiger partial charge >= 0.3 is 0 Å². The van der Waals surface area contributed by atoms with E-state index < -0.39 is 5.60 Å². The Morgan fingerprint density at radius 2 is 1.95 bits per heavy atom. The van der Waals surface area contributed by atoms with Crippen LogP contribution in [0.1, 0.15) is 24.0 Å². The van der Waals surface area contributed by atoms with Crippen molar-refractivity contribution in [1.29, 1.82) is 0 Å². The number of morpholine rings is 1. The number of rotatable bonds is 1. The molecule has 19 heavy (non-hydrogen) atoms. The molecule has 0 saturated carbocycles. The summed E-state index contributed by atoms with van der Waals surface area (Å²) < 4.78 is 19.3. The van der Waals surface area contributed by atoms with Crippen LogP contribution in [0.3, 0.4) is 0 Å². The van der Waals surface area contributed by atoms with Crippen molar-refractivity contribution in [3.8, 4) is 0 Å². The first-order valence-electron chi connectivity index (χ1n) is 6.78. The van der Waals surface area contributed by atoms with Crippen LogP contribution in [0.5, 0.6) is 0 Å². The van der Waals surface area contributed by atoms with Gasteiger partial charge in [-0.05, 0) is 44.0 Å². The van der Waals surface area contributed by atoms with E-state index in [2.05, 4.69) is 11.9 Å². The molecule has 2 saturated heterocycles. The molecule has 0 radical (unpaired) electrons. The smallest absolute Gasteiger partial charge is 0.126 e. The Balaban J connectivity index is 1.92. The predicted octanol–water partition coefficient (Wildman–Crippen LogP) is 1.81. The van der Waals surface area contributed by atoms with Crippen molar-refractivity contribution in [1.82, 2.24) is 4.90 Å². The van der Waals surface area contributed by atoms with E-state index in [1.807, 2.05) is 6.07 Å². The van der Waals surface area contributed by atoms with E-state index in [9.17, 15) is 9.50 Å². The van der Waals surface area contributed by atoms with Gasteiger partial charge in [0.25, 0.3) is 0 Å². The van der Waals surface area contributed by atoms with Crippen LogP contribution in [0.25, 0.3) is 0 Å². The minimum absolute atomic E-state index is 0.210. The Hall–Kier alpha value is -0.970. The van der Waals surface area contributed by atoms with Gasteiger partial charge in [0.1, 0.15) is 5.82 Å². The molecule has 0 spiro atoms. The van der Waals surface area contributed by atoms with E-state index >= 15 is 0 Å². The Bertz CT molecular complexity index is 477. The van der Waals surface area contributed by atoms with Gasteiger partial charge in [0.05, 0.1) is 18.8 Å². The van der Waals surface area contributed by atoms with Crippen LogP contribution in [0.4, 0.5) is 4.39 Å². The van der Waals surface area contributed by atoms with Crippen molar-refractivity contribution in [3.63, 3.8) is 0 Å². The van der Waals surface area contributed by atoms with Crippen molar-refractivity contribution >= 4 is 0 Å². The second kappa shape index (κ2) is 4.54. The second-order valence-corrected chi connectivity index (χ2v) is 5.91. The van der Waals surface area contributed by atoms with E-state index in [-0.39, 0.29) is 17.9 Å². The first kappa shape index (κ1) is 13.0. The van der Waals surface area contributed by atoms with Gasteiger partial charge in [-0.25, -0.2) is 4.39 Å². The lowest BCUT2D eigenvalue weighted by Crippen LogP contribution is -2.59. The number of hydrogen-bond acceptors (Lipinski definition) is 3. The number of likely N-dealkylation sites (N-methyl/N-ethyl adjacent to an activating group) is 1. The summed E-state index contributed by atoms with van der Waals surface area (Å²) in [6.07, 6.45) is 1.20. The highest BCUT2D eigenvalue weighted by Crippen LogP contribution is 2.40. The van der Waals surface area contributed by atoms with Gasteiger partial charge in [0.2, 0.25) is 0 Å². The summed E-state index contributed by atoms with van der Waals surface area (Å²) in [5, 5.41) is 10.9. The van der Waals surface area contributed by atoms with E-state index in [1.54, 1.807) is 13.0 Å². The highest BCUT2D eigenvalue weighted by atomic mass is 19.1. The maximum absolute atomic E-state index is 13.7. The van der Waals surface area contributed by atoms with Crippen molar-refractivity contribution < 1.29 is 14.2 Å². The van der Waals surface area contributed by atoms with E-state index in [0.29, 0.717) is 37.2 Å². The number of benzene rings is 1. The molecular weight excluding hydrogens is 245 g/mol. The third-order valence-electron chi connectivity index (χ3n) is 4.63. The quantitative estimate of drug-likeness (QED) is 0.840. The summed E-state index contributed by atoms with van der Waals surface area (Å²) in [6.45, 7) is 3.02. The lowest BCUT2D eigenvalue weighted by atomic mass is 9.77. The first-order chi connectivity index (χ1) is 8.99. The van der Waals surface area contributed by atoms with Crippen molar-refractivity contribution in [2.24, 2.45) is 0 Å². The fraction of sp³-hybridized carbons (Fsp3) is 0.600. The molecule has 2 unspecified atom stereocenters. The van der Waals surface area contributed by atoms with Crippen LogP contribution in [0.2, 0.25) is 0 Å². The zero-order valence-electron chi connectivity index (χ0n) is 11.4. The molecule has 0 aliphatic carbocycles. The third-order valence-corrected chi connectivity index (χ3v) is 4.63. The Kier molecular flexibility index (Phi) is 3.12. The van der Waals surface area contributed by atoms with E-state index in [0.717, 1.165) is 0 Å².